The molecule has 0 unspecified atom stereocenters. The number of nitrogens with two attached hydrogens (primary N) is 1. The van der Waals surface area contributed by atoms with Crippen LogP contribution in [-0.4, -0.2) is 16.5 Å². The zero-order chi connectivity index (χ0) is 14.7. The summed E-state index contributed by atoms with van der Waals surface area (Å²) in [6, 6.07) is 2.15. The van der Waals surface area contributed by atoms with Crippen molar-refractivity contribution in [3.05, 3.63) is 22.9 Å². The van der Waals surface area contributed by atoms with Gasteiger partial charge in [0.05, 0.1) is 5.56 Å². The molecule has 1 aromatic rings. The van der Waals surface area contributed by atoms with Gasteiger partial charge in [0.25, 0.3) is 0 Å². The van der Waals surface area contributed by atoms with E-state index < -0.39 is 0 Å². The third-order valence-electron chi connectivity index (χ3n) is 4.87. The van der Waals surface area contributed by atoms with Gasteiger partial charge in [-0.15, -0.1) is 0 Å². The fourth-order valence-electron chi connectivity index (χ4n) is 3.69. The topological polar surface area (TPSA) is 50.9 Å². The second-order valence-electron chi connectivity index (χ2n) is 6.43. The fourth-order valence-corrected chi connectivity index (χ4v) is 3.85. The number of nitrogens with zero attached hydrogens (tertiary/aromatic N) is 1. The molecule has 1 saturated carbocycles. The minimum absolute atomic E-state index is 0.454. The minimum Gasteiger partial charge on any atom is -0.389 e. The summed E-state index contributed by atoms with van der Waals surface area (Å²) in [6.45, 7) is 0.970. The van der Waals surface area contributed by atoms with E-state index in [1.54, 1.807) is 0 Å². The van der Waals surface area contributed by atoms with Crippen LogP contribution in [0.15, 0.2) is 6.07 Å². The van der Waals surface area contributed by atoms with Crippen molar-refractivity contribution in [3.8, 4) is 0 Å². The molecule has 3 N–H and O–H groups in total. The lowest BCUT2D eigenvalue weighted by Gasteiger charge is -2.14. The molecule has 0 saturated heterocycles. The number of hydrogen-bond donors (Lipinski definition) is 2. The molecule has 1 aromatic heterocycles. The highest BCUT2D eigenvalue weighted by atomic mass is 32.1. The first-order chi connectivity index (χ1) is 10.2. The van der Waals surface area contributed by atoms with E-state index in [1.165, 1.54) is 56.2 Å². The first kappa shape index (κ1) is 14.8. The summed E-state index contributed by atoms with van der Waals surface area (Å²) in [7, 11) is 0. The SMILES string of the molecule is NC(=S)c1cc2c(nc1NCCCC1CCCC1)CCC2. The summed E-state index contributed by atoms with van der Waals surface area (Å²) >= 11 is 5.18. The van der Waals surface area contributed by atoms with Crippen LogP contribution in [-0.2, 0) is 12.8 Å². The molecule has 0 bridgehead atoms. The van der Waals surface area contributed by atoms with Crippen LogP contribution >= 0.6 is 12.2 Å². The van der Waals surface area contributed by atoms with E-state index in [0.29, 0.717) is 4.99 Å². The maximum absolute atomic E-state index is 5.86. The van der Waals surface area contributed by atoms with Gasteiger partial charge in [-0.25, -0.2) is 4.98 Å². The summed E-state index contributed by atoms with van der Waals surface area (Å²) in [5.41, 5.74) is 9.34. The number of aryl methyl sites for hydroxylation is 2. The second-order valence-corrected chi connectivity index (χ2v) is 6.87. The first-order valence-electron chi connectivity index (χ1n) is 8.30. The summed E-state index contributed by atoms with van der Waals surface area (Å²) in [5, 5.41) is 3.47. The van der Waals surface area contributed by atoms with Crippen molar-refractivity contribution in [2.24, 2.45) is 11.7 Å². The Balaban J connectivity index is 1.59. The van der Waals surface area contributed by atoms with Crippen molar-refractivity contribution >= 4 is 23.0 Å². The third-order valence-corrected chi connectivity index (χ3v) is 5.09. The second kappa shape index (κ2) is 6.73. The molecule has 4 heteroatoms. The Hall–Kier alpha value is -1.16. The Morgan fingerprint density at radius 3 is 2.86 bits per heavy atom. The minimum atomic E-state index is 0.454. The van der Waals surface area contributed by atoms with E-state index in [0.717, 1.165) is 36.7 Å². The molecule has 21 heavy (non-hydrogen) atoms. The lowest BCUT2D eigenvalue weighted by atomic mass is 10.0. The van der Waals surface area contributed by atoms with E-state index in [4.69, 9.17) is 22.9 Å². The lowest BCUT2D eigenvalue weighted by Crippen LogP contribution is -2.16. The van der Waals surface area contributed by atoms with Gasteiger partial charge in [-0.1, -0.05) is 37.9 Å². The van der Waals surface area contributed by atoms with Gasteiger partial charge in [-0.05, 0) is 49.7 Å². The molecular weight excluding hydrogens is 278 g/mol. The fraction of sp³-hybridized carbons (Fsp3) is 0.647. The molecular formula is C17H25N3S. The van der Waals surface area contributed by atoms with E-state index in [2.05, 4.69) is 11.4 Å². The molecule has 3 rings (SSSR count). The highest BCUT2D eigenvalue weighted by molar-refractivity contribution is 7.80. The molecule has 0 spiro atoms. The molecule has 2 aliphatic carbocycles. The maximum atomic E-state index is 5.86. The molecule has 0 atom stereocenters. The van der Waals surface area contributed by atoms with E-state index in [-0.39, 0.29) is 0 Å². The maximum Gasteiger partial charge on any atom is 0.136 e. The summed E-state index contributed by atoms with van der Waals surface area (Å²) in [4.78, 5) is 5.22. The number of pyridine rings is 1. The van der Waals surface area contributed by atoms with Gasteiger partial charge in [0, 0.05) is 12.2 Å². The average molecular weight is 303 g/mol. The van der Waals surface area contributed by atoms with Crippen molar-refractivity contribution < 1.29 is 0 Å². The van der Waals surface area contributed by atoms with Crippen LogP contribution in [0, 0.1) is 5.92 Å². The number of hydrogen-bond acceptors (Lipinski definition) is 3. The Morgan fingerprint density at radius 2 is 2.10 bits per heavy atom. The van der Waals surface area contributed by atoms with Gasteiger partial charge in [-0.2, -0.15) is 0 Å². The number of fused-ring (bicyclic) bond motifs is 1. The van der Waals surface area contributed by atoms with E-state index in [9.17, 15) is 0 Å². The van der Waals surface area contributed by atoms with Crippen LogP contribution in [0.5, 0.6) is 0 Å². The highest BCUT2D eigenvalue weighted by Gasteiger charge is 2.18. The molecule has 2 aliphatic rings. The lowest BCUT2D eigenvalue weighted by molar-refractivity contribution is 0.491. The number of rotatable bonds is 6. The van der Waals surface area contributed by atoms with Crippen LogP contribution in [0.1, 0.15) is 61.8 Å². The standard InChI is InChI=1S/C17H25N3S/c18-16(21)14-11-13-8-3-9-15(13)20-17(14)19-10-4-7-12-5-1-2-6-12/h11-12H,1-10H2,(H2,18,21)(H,19,20). The molecule has 1 fully saturated rings. The average Bonchev–Trinajstić information content (AvgIpc) is 3.13. The van der Waals surface area contributed by atoms with Crippen LogP contribution in [0.2, 0.25) is 0 Å². The number of aromatic nitrogens is 1. The van der Waals surface area contributed by atoms with Crippen LogP contribution in [0.3, 0.4) is 0 Å². The number of nitrogens with one attached hydrogen (secondary N) is 1. The Bertz CT molecular complexity index is 521. The van der Waals surface area contributed by atoms with Crippen LogP contribution in [0.25, 0.3) is 0 Å². The quantitative estimate of drug-likeness (QED) is 0.623. The Morgan fingerprint density at radius 1 is 1.29 bits per heavy atom. The van der Waals surface area contributed by atoms with Gasteiger partial charge >= 0.3 is 0 Å². The van der Waals surface area contributed by atoms with Crippen molar-refractivity contribution in [1.82, 2.24) is 4.98 Å². The van der Waals surface area contributed by atoms with Gasteiger partial charge in [0.15, 0.2) is 0 Å². The Kier molecular flexibility index (Phi) is 4.73. The van der Waals surface area contributed by atoms with Crippen molar-refractivity contribution in [3.63, 3.8) is 0 Å². The molecule has 0 aliphatic heterocycles. The molecule has 0 radical (unpaired) electrons. The van der Waals surface area contributed by atoms with Crippen LogP contribution < -0.4 is 11.1 Å². The van der Waals surface area contributed by atoms with Gasteiger partial charge in [0.1, 0.15) is 10.8 Å². The van der Waals surface area contributed by atoms with Crippen LogP contribution in [0.4, 0.5) is 5.82 Å². The highest BCUT2D eigenvalue weighted by Crippen LogP contribution is 2.29. The zero-order valence-electron chi connectivity index (χ0n) is 12.7. The molecule has 1 heterocycles. The molecule has 0 aromatic carbocycles. The predicted octanol–water partition coefficient (Wildman–Crippen LogP) is 3.59. The molecule has 3 nitrogen and oxygen atoms in total. The van der Waals surface area contributed by atoms with E-state index in [1.807, 2.05) is 0 Å². The predicted molar refractivity (Wildman–Crippen MR) is 91.8 cm³/mol. The largest absolute Gasteiger partial charge is 0.389 e. The summed E-state index contributed by atoms with van der Waals surface area (Å²) in [6.07, 6.45) is 11.6. The summed E-state index contributed by atoms with van der Waals surface area (Å²) < 4.78 is 0. The smallest absolute Gasteiger partial charge is 0.136 e. The summed E-state index contributed by atoms with van der Waals surface area (Å²) in [5.74, 6) is 1.85. The number of thiocarbonyl (C=S) groups is 1. The molecule has 114 valence electrons. The van der Waals surface area contributed by atoms with Gasteiger partial charge < -0.3 is 11.1 Å². The van der Waals surface area contributed by atoms with Crippen molar-refractivity contribution in [2.75, 3.05) is 11.9 Å². The van der Waals surface area contributed by atoms with Crippen molar-refractivity contribution in [1.29, 1.82) is 0 Å². The Labute approximate surface area is 132 Å². The zero-order valence-corrected chi connectivity index (χ0v) is 13.5. The molecule has 0 amide bonds. The van der Waals surface area contributed by atoms with Crippen molar-refractivity contribution in [2.45, 2.75) is 57.8 Å². The number of anilines is 1. The monoisotopic (exact) mass is 303 g/mol. The normalized spacial score (nSPS) is 17.9. The van der Waals surface area contributed by atoms with E-state index >= 15 is 0 Å². The van der Waals surface area contributed by atoms with Gasteiger partial charge in [-0.3, -0.25) is 0 Å². The third kappa shape index (κ3) is 3.54. The van der Waals surface area contributed by atoms with Gasteiger partial charge in [0.2, 0.25) is 0 Å². The first-order valence-corrected chi connectivity index (χ1v) is 8.71.